The molecule has 4 N–H and O–H groups in total. The first-order valence-electron chi connectivity index (χ1n) is 16.5. The summed E-state index contributed by atoms with van der Waals surface area (Å²) in [5, 5.41) is 31.0. The molecule has 4 fully saturated rings. The van der Waals surface area contributed by atoms with Crippen molar-refractivity contribution < 1.29 is 58.1 Å². The molecule has 1 saturated heterocycles. The molecule has 1 heterocycles. The van der Waals surface area contributed by atoms with Crippen molar-refractivity contribution in [1.82, 2.24) is 10.7 Å². The van der Waals surface area contributed by atoms with Crippen LogP contribution in [0, 0.1) is 28.6 Å². The number of ether oxygens (including phenoxy) is 3. The van der Waals surface area contributed by atoms with Gasteiger partial charge in [0.2, 0.25) is 11.7 Å². The van der Waals surface area contributed by atoms with Crippen LogP contribution in [0.1, 0.15) is 79.1 Å². The number of esters is 1. The summed E-state index contributed by atoms with van der Waals surface area (Å²) in [5.41, 5.74) is -2.97. The predicted molar refractivity (Wildman–Crippen MR) is 160 cm³/mol. The number of nitrogens with zero attached hydrogens (tertiary/aromatic N) is 1. The van der Waals surface area contributed by atoms with Gasteiger partial charge in [0.15, 0.2) is 23.8 Å². The van der Waals surface area contributed by atoms with E-state index >= 15 is 4.39 Å². The molecule has 3 saturated carbocycles. The SMILES string of the molecule is CC1(C)O[C@@H]2CC3[C@@H]4CC(F)C5=CC(=O)C=C[C@]5(C)C4[C@@H](O)C[C@]3(C)[C@]2(C(=O)COC(=O)CCNC(=O)CCCCCON(O)O)O1. The fraction of sp³-hybridized carbons (Fsp3) is 0.758. The maximum absolute atomic E-state index is 15.8. The third-order valence-corrected chi connectivity index (χ3v) is 11.2. The van der Waals surface area contributed by atoms with Crippen LogP contribution in [0.15, 0.2) is 23.8 Å². The Balaban J connectivity index is 1.22. The zero-order chi connectivity index (χ0) is 34.4. The molecule has 9 atom stereocenters. The monoisotopic (exact) mass is 666 g/mol. The Morgan fingerprint density at radius 2 is 1.85 bits per heavy atom. The predicted octanol–water partition coefficient (Wildman–Crippen LogP) is 2.90. The Bertz CT molecular complexity index is 1320. The molecule has 3 unspecified atom stereocenters. The molecule has 14 heteroatoms. The van der Waals surface area contributed by atoms with E-state index in [2.05, 4.69) is 10.2 Å². The molecule has 5 aliphatic rings. The Morgan fingerprint density at radius 3 is 2.57 bits per heavy atom. The number of aliphatic hydroxyl groups is 1. The molecule has 4 aliphatic carbocycles. The molecule has 0 aromatic heterocycles. The molecular formula is C33H47FN2O11. The van der Waals surface area contributed by atoms with Crippen LogP contribution in [0.5, 0.6) is 0 Å². The molecule has 262 valence electrons. The maximum atomic E-state index is 15.8. The molecule has 0 radical (unpaired) electrons. The number of fused-ring (bicyclic) bond motifs is 7. The van der Waals surface area contributed by atoms with E-state index < -0.39 is 59.0 Å². The van der Waals surface area contributed by atoms with Gasteiger partial charge in [-0.15, -0.1) is 0 Å². The second-order valence-electron chi connectivity index (χ2n) is 14.5. The standard InChI is InChI=1S/C33H47FN2O11/c1-30(2)46-26-16-21-20-15-23(34)22-14-19(37)9-11-31(22,3)29(20)24(38)17-32(21,4)33(26,47-30)25(39)18-44-28(41)10-12-35-27(40)8-6-5-7-13-45-36(42)43/h9,11,14,20-21,23-24,26,29,38,42-43H,5-8,10,12-13,15-18H2,1-4H3,(H,35,40)/t20-,21?,23?,24-,26+,29?,31-,32-,33+/m0/s1. The molecule has 0 aromatic rings. The average Bonchev–Trinajstić information content (AvgIpc) is 3.39. The van der Waals surface area contributed by atoms with Crippen LogP contribution in [0.3, 0.4) is 0 Å². The van der Waals surface area contributed by atoms with Gasteiger partial charge in [-0.3, -0.25) is 34.4 Å². The van der Waals surface area contributed by atoms with Gasteiger partial charge in [0.25, 0.3) is 0 Å². The highest BCUT2D eigenvalue weighted by molar-refractivity contribution is 6.01. The van der Waals surface area contributed by atoms with Gasteiger partial charge >= 0.3 is 5.97 Å². The summed E-state index contributed by atoms with van der Waals surface area (Å²) in [6.07, 6.45) is 3.94. The molecule has 47 heavy (non-hydrogen) atoms. The van der Waals surface area contributed by atoms with Crippen LogP contribution in [0.25, 0.3) is 0 Å². The van der Waals surface area contributed by atoms with E-state index in [0.29, 0.717) is 31.3 Å². The molecule has 0 bridgehead atoms. The van der Waals surface area contributed by atoms with Crippen molar-refractivity contribution in [2.24, 2.45) is 28.6 Å². The Kier molecular flexibility index (Phi) is 10.2. The van der Waals surface area contributed by atoms with E-state index in [0.717, 1.165) is 0 Å². The third-order valence-electron chi connectivity index (χ3n) is 11.2. The van der Waals surface area contributed by atoms with E-state index in [-0.39, 0.29) is 73.7 Å². The van der Waals surface area contributed by atoms with Gasteiger partial charge in [0.05, 0.1) is 30.6 Å². The second-order valence-corrected chi connectivity index (χ2v) is 14.5. The highest BCUT2D eigenvalue weighted by Gasteiger charge is 2.77. The van der Waals surface area contributed by atoms with Gasteiger partial charge < -0.3 is 24.6 Å². The number of alkyl halides is 1. The number of hydrogen-bond donors (Lipinski definition) is 4. The lowest BCUT2D eigenvalue weighted by Gasteiger charge is -2.60. The fourth-order valence-corrected chi connectivity index (χ4v) is 9.36. The number of rotatable bonds is 13. The topological polar surface area (TPSA) is 181 Å². The first kappa shape index (κ1) is 35.7. The number of halogens is 1. The van der Waals surface area contributed by atoms with Gasteiger partial charge in [0.1, 0.15) is 6.17 Å². The molecule has 1 aliphatic heterocycles. The largest absolute Gasteiger partial charge is 0.457 e. The van der Waals surface area contributed by atoms with E-state index in [1.165, 1.54) is 12.2 Å². The van der Waals surface area contributed by atoms with Crippen molar-refractivity contribution >= 4 is 23.4 Å². The molecule has 0 aromatic carbocycles. The van der Waals surface area contributed by atoms with Gasteiger partial charge in [-0.1, -0.05) is 26.3 Å². The molecule has 1 amide bonds. The van der Waals surface area contributed by atoms with E-state index in [9.17, 15) is 24.3 Å². The first-order valence-corrected chi connectivity index (χ1v) is 16.5. The average molecular weight is 667 g/mol. The summed E-state index contributed by atoms with van der Waals surface area (Å²) in [6, 6.07) is 0. The molecule has 0 spiro atoms. The minimum atomic E-state index is -1.54. The van der Waals surface area contributed by atoms with Crippen molar-refractivity contribution in [3.63, 3.8) is 0 Å². The van der Waals surface area contributed by atoms with Crippen molar-refractivity contribution in [3.8, 4) is 0 Å². The van der Waals surface area contributed by atoms with Gasteiger partial charge in [-0.05, 0) is 75.5 Å². The summed E-state index contributed by atoms with van der Waals surface area (Å²) in [4.78, 5) is 55.4. The van der Waals surface area contributed by atoms with Crippen LogP contribution in [0.4, 0.5) is 4.39 Å². The fourth-order valence-electron chi connectivity index (χ4n) is 9.36. The number of Topliss-reactive ketones (excluding diaryl/α,β-unsaturated/α-hetero) is 1. The van der Waals surface area contributed by atoms with Gasteiger partial charge in [-0.25, -0.2) is 4.39 Å². The number of carbonyl (C=O) groups excluding carboxylic acids is 4. The summed E-state index contributed by atoms with van der Waals surface area (Å²) in [6.45, 7) is 6.70. The van der Waals surface area contributed by atoms with Crippen molar-refractivity contribution in [1.29, 1.82) is 0 Å². The normalized spacial score (nSPS) is 38.2. The van der Waals surface area contributed by atoms with Gasteiger partial charge in [0, 0.05) is 29.7 Å². The van der Waals surface area contributed by atoms with Crippen LogP contribution in [0.2, 0.25) is 0 Å². The summed E-state index contributed by atoms with van der Waals surface area (Å²) < 4.78 is 34.0. The second kappa shape index (κ2) is 13.4. The molecule has 5 rings (SSSR count). The number of carbonyl (C=O) groups is 4. The number of nitrogens with one attached hydrogen (secondary N) is 1. The van der Waals surface area contributed by atoms with E-state index in [1.54, 1.807) is 19.9 Å². The van der Waals surface area contributed by atoms with Gasteiger partial charge in [-0.2, -0.15) is 0 Å². The minimum absolute atomic E-state index is 0.0219. The van der Waals surface area contributed by atoms with Crippen LogP contribution >= 0.6 is 0 Å². The zero-order valence-corrected chi connectivity index (χ0v) is 27.4. The Hall–Kier alpha value is -2.59. The van der Waals surface area contributed by atoms with E-state index in [4.69, 9.17) is 24.6 Å². The quantitative estimate of drug-likeness (QED) is 0.128. The van der Waals surface area contributed by atoms with Crippen LogP contribution < -0.4 is 5.32 Å². The van der Waals surface area contributed by atoms with E-state index in [1.807, 2.05) is 13.8 Å². The highest BCUT2D eigenvalue weighted by Crippen LogP contribution is 2.70. The van der Waals surface area contributed by atoms with Crippen LogP contribution in [-0.2, 0) is 38.2 Å². The molecular weight excluding hydrogens is 619 g/mol. The number of unbranched alkanes of at least 4 members (excludes halogenated alkanes) is 2. The van der Waals surface area contributed by atoms with Crippen molar-refractivity contribution in [2.75, 3.05) is 19.8 Å². The minimum Gasteiger partial charge on any atom is -0.457 e. The zero-order valence-electron chi connectivity index (χ0n) is 27.4. The number of aliphatic hydroxyl groups excluding tert-OH is 1. The summed E-state index contributed by atoms with van der Waals surface area (Å²) in [5.74, 6) is -3.77. The maximum Gasteiger partial charge on any atom is 0.308 e. The highest BCUT2D eigenvalue weighted by atomic mass is 19.1. The lowest BCUT2D eigenvalue weighted by atomic mass is 9.46. The Morgan fingerprint density at radius 1 is 1.11 bits per heavy atom. The van der Waals surface area contributed by atoms with Crippen LogP contribution in [-0.4, -0.2) is 93.9 Å². The lowest BCUT2D eigenvalue weighted by molar-refractivity contribution is -0.492. The number of ketones is 2. The first-order chi connectivity index (χ1) is 22.0. The molecule has 13 nitrogen and oxygen atoms in total. The number of hydrogen-bond acceptors (Lipinski definition) is 12. The Labute approximate surface area is 273 Å². The third kappa shape index (κ3) is 6.57. The lowest BCUT2D eigenvalue weighted by Crippen LogP contribution is -2.64. The summed E-state index contributed by atoms with van der Waals surface area (Å²) >= 11 is 0. The van der Waals surface area contributed by atoms with Crippen molar-refractivity contribution in [3.05, 3.63) is 23.8 Å². The summed E-state index contributed by atoms with van der Waals surface area (Å²) in [7, 11) is 0. The number of amides is 1. The smallest absolute Gasteiger partial charge is 0.308 e. The number of allylic oxidation sites excluding steroid dienone is 4. The van der Waals surface area contributed by atoms with Crippen molar-refractivity contribution in [2.45, 2.75) is 109 Å².